The van der Waals surface area contributed by atoms with Crippen LogP contribution in [0.25, 0.3) is 0 Å². The predicted octanol–water partition coefficient (Wildman–Crippen LogP) is 2.29. The van der Waals surface area contributed by atoms with Crippen molar-refractivity contribution in [2.75, 3.05) is 0 Å². The Kier molecular flexibility index (Phi) is 2.55. The summed E-state index contributed by atoms with van der Waals surface area (Å²) in [4.78, 5) is 10.7. The maximum atomic E-state index is 10.7. The molecule has 0 saturated heterocycles. The Morgan fingerprint density at radius 1 is 1.58 bits per heavy atom. The minimum atomic E-state index is -0.195. The molecule has 0 saturated carbocycles. The zero-order valence-corrected chi connectivity index (χ0v) is 7.96. The fourth-order valence-corrected chi connectivity index (χ4v) is 1.46. The molecule has 68 valence electrons. The fraction of sp³-hybridized carbons (Fsp3) is 0.700. The smallest absolute Gasteiger partial charge is 0.303 e. The van der Waals surface area contributed by atoms with Crippen LogP contribution in [0.1, 0.15) is 33.6 Å². The van der Waals surface area contributed by atoms with E-state index in [2.05, 4.69) is 19.9 Å². The second-order valence-electron chi connectivity index (χ2n) is 3.99. The van der Waals surface area contributed by atoms with Crippen molar-refractivity contribution in [3.8, 4) is 0 Å². The summed E-state index contributed by atoms with van der Waals surface area (Å²) in [6.45, 7) is 5.72. The highest BCUT2D eigenvalue weighted by Gasteiger charge is 2.31. The van der Waals surface area contributed by atoms with E-state index in [1.165, 1.54) is 6.92 Å². The molecule has 12 heavy (non-hydrogen) atoms. The van der Waals surface area contributed by atoms with Crippen LogP contribution in [0.4, 0.5) is 0 Å². The Morgan fingerprint density at radius 3 is 2.75 bits per heavy atom. The summed E-state index contributed by atoms with van der Waals surface area (Å²) >= 11 is 0. The first-order valence-electron chi connectivity index (χ1n) is 4.36. The van der Waals surface area contributed by atoms with Gasteiger partial charge in [0, 0.05) is 12.3 Å². The third-order valence-electron chi connectivity index (χ3n) is 2.33. The van der Waals surface area contributed by atoms with Crippen LogP contribution in [0.2, 0.25) is 0 Å². The summed E-state index contributed by atoms with van der Waals surface area (Å²) in [6.07, 6.45) is 6.21. The molecule has 0 aromatic heterocycles. The molecule has 1 aliphatic rings. The standard InChI is InChI=1S/C10H16O2/c1-8(11)12-9-6-4-5-7-10(9,2)3/h4,6,9H,5,7H2,1-3H3. The Balaban J connectivity index is 2.65. The number of rotatable bonds is 1. The molecule has 0 bridgehead atoms. The maximum Gasteiger partial charge on any atom is 0.303 e. The second-order valence-corrected chi connectivity index (χ2v) is 3.99. The van der Waals surface area contributed by atoms with Crippen LogP contribution in [-0.2, 0) is 9.53 Å². The molecule has 2 heteroatoms. The quantitative estimate of drug-likeness (QED) is 0.443. The minimum Gasteiger partial charge on any atom is -0.458 e. The Labute approximate surface area is 73.6 Å². The lowest BCUT2D eigenvalue weighted by atomic mass is 9.78. The molecule has 1 rings (SSSR count). The van der Waals surface area contributed by atoms with Crippen LogP contribution in [-0.4, -0.2) is 12.1 Å². The molecule has 0 heterocycles. The van der Waals surface area contributed by atoms with Crippen molar-refractivity contribution in [3.05, 3.63) is 12.2 Å². The van der Waals surface area contributed by atoms with E-state index < -0.39 is 0 Å². The van der Waals surface area contributed by atoms with Gasteiger partial charge in [0.25, 0.3) is 0 Å². The van der Waals surface area contributed by atoms with Crippen molar-refractivity contribution >= 4 is 5.97 Å². The molecule has 0 spiro atoms. The Bertz CT molecular complexity index is 204. The highest BCUT2D eigenvalue weighted by atomic mass is 16.5. The van der Waals surface area contributed by atoms with Gasteiger partial charge in [-0.1, -0.05) is 19.9 Å². The van der Waals surface area contributed by atoms with Gasteiger partial charge in [0.2, 0.25) is 0 Å². The van der Waals surface area contributed by atoms with E-state index in [9.17, 15) is 4.79 Å². The highest BCUT2D eigenvalue weighted by molar-refractivity contribution is 5.66. The average Bonchev–Trinajstić information content (AvgIpc) is 1.92. The van der Waals surface area contributed by atoms with E-state index in [1.54, 1.807) is 0 Å². The number of hydrogen-bond acceptors (Lipinski definition) is 2. The van der Waals surface area contributed by atoms with Crippen LogP contribution >= 0.6 is 0 Å². The van der Waals surface area contributed by atoms with Crippen LogP contribution in [0, 0.1) is 5.41 Å². The number of allylic oxidation sites excluding steroid dienone is 1. The van der Waals surface area contributed by atoms with Gasteiger partial charge >= 0.3 is 5.97 Å². The topological polar surface area (TPSA) is 26.3 Å². The SMILES string of the molecule is CC(=O)OC1C=CCCC1(C)C. The largest absolute Gasteiger partial charge is 0.458 e. The van der Waals surface area contributed by atoms with Crippen molar-refractivity contribution in [2.24, 2.45) is 5.41 Å². The maximum absolute atomic E-state index is 10.7. The van der Waals surface area contributed by atoms with Gasteiger partial charge in [-0.25, -0.2) is 0 Å². The van der Waals surface area contributed by atoms with Gasteiger partial charge in [0.15, 0.2) is 0 Å². The molecule has 2 nitrogen and oxygen atoms in total. The number of carbonyl (C=O) groups excluding carboxylic acids is 1. The van der Waals surface area contributed by atoms with Crippen LogP contribution in [0.3, 0.4) is 0 Å². The summed E-state index contributed by atoms with van der Waals surface area (Å²) in [5.41, 5.74) is 0.0976. The van der Waals surface area contributed by atoms with Crippen molar-refractivity contribution in [2.45, 2.75) is 39.7 Å². The molecule has 0 amide bonds. The second kappa shape index (κ2) is 3.30. The van der Waals surface area contributed by atoms with E-state index in [0.717, 1.165) is 12.8 Å². The van der Waals surface area contributed by atoms with E-state index in [0.29, 0.717) is 0 Å². The van der Waals surface area contributed by atoms with Crippen LogP contribution in [0.15, 0.2) is 12.2 Å². The Hall–Kier alpha value is -0.790. The third kappa shape index (κ3) is 2.10. The van der Waals surface area contributed by atoms with Crippen LogP contribution < -0.4 is 0 Å². The first-order valence-corrected chi connectivity index (χ1v) is 4.36. The number of esters is 1. The van der Waals surface area contributed by atoms with Crippen molar-refractivity contribution < 1.29 is 9.53 Å². The normalized spacial score (nSPS) is 26.8. The van der Waals surface area contributed by atoms with Crippen LogP contribution in [0.5, 0.6) is 0 Å². The van der Waals surface area contributed by atoms with Gasteiger partial charge in [-0.2, -0.15) is 0 Å². The lowest BCUT2D eigenvalue weighted by Gasteiger charge is -2.34. The molecule has 1 aliphatic carbocycles. The minimum absolute atomic E-state index is 0.0382. The molecule has 0 aliphatic heterocycles. The van der Waals surface area contributed by atoms with Gasteiger partial charge in [0.05, 0.1) is 0 Å². The summed E-state index contributed by atoms with van der Waals surface area (Å²) in [6, 6.07) is 0. The first kappa shape index (κ1) is 9.30. The lowest BCUT2D eigenvalue weighted by Crippen LogP contribution is -2.33. The van der Waals surface area contributed by atoms with Crippen molar-refractivity contribution in [1.29, 1.82) is 0 Å². The highest BCUT2D eigenvalue weighted by Crippen LogP contribution is 2.33. The van der Waals surface area contributed by atoms with E-state index in [1.807, 2.05) is 6.08 Å². The van der Waals surface area contributed by atoms with Gasteiger partial charge < -0.3 is 4.74 Å². The molecule has 0 aromatic rings. The molecule has 0 radical (unpaired) electrons. The van der Waals surface area contributed by atoms with Gasteiger partial charge in [-0.3, -0.25) is 4.79 Å². The molecular formula is C10H16O2. The number of hydrogen-bond donors (Lipinski definition) is 0. The summed E-state index contributed by atoms with van der Waals surface area (Å²) in [7, 11) is 0. The lowest BCUT2D eigenvalue weighted by molar-refractivity contribution is -0.149. The average molecular weight is 168 g/mol. The zero-order valence-electron chi connectivity index (χ0n) is 7.96. The predicted molar refractivity (Wildman–Crippen MR) is 47.7 cm³/mol. The Morgan fingerprint density at radius 2 is 2.25 bits per heavy atom. The zero-order chi connectivity index (χ0) is 9.19. The molecule has 0 aromatic carbocycles. The van der Waals surface area contributed by atoms with E-state index in [-0.39, 0.29) is 17.5 Å². The molecule has 0 N–H and O–H groups in total. The molecule has 1 atom stereocenters. The van der Waals surface area contributed by atoms with Gasteiger partial charge in [-0.05, 0) is 18.9 Å². The molecular weight excluding hydrogens is 152 g/mol. The first-order chi connectivity index (χ1) is 5.52. The summed E-state index contributed by atoms with van der Waals surface area (Å²) < 4.78 is 5.18. The fourth-order valence-electron chi connectivity index (χ4n) is 1.46. The van der Waals surface area contributed by atoms with E-state index in [4.69, 9.17) is 4.74 Å². The molecule has 0 fully saturated rings. The summed E-state index contributed by atoms with van der Waals surface area (Å²) in [5, 5.41) is 0. The number of ether oxygens (including phenoxy) is 1. The van der Waals surface area contributed by atoms with Gasteiger partial charge in [-0.15, -0.1) is 0 Å². The van der Waals surface area contributed by atoms with Gasteiger partial charge in [0.1, 0.15) is 6.10 Å². The van der Waals surface area contributed by atoms with Crippen molar-refractivity contribution in [1.82, 2.24) is 0 Å². The third-order valence-corrected chi connectivity index (χ3v) is 2.33. The number of carbonyl (C=O) groups is 1. The summed E-state index contributed by atoms with van der Waals surface area (Å²) in [5.74, 6) is -0.195. The molecule has 1 unspecified atom stereocenters. The van der Waals surface area contributed by atoms with E-state index >= 15 is 0 Å². The monoisotopic (exact) mass is 168 g/mol. The van der Waals surface area contributed by atoms with Crippen molar-refractivity contribution in [3.63, 3.8) is 0 Å².